The summed E-state index contributed by atoms with van der Waals surface area (Å²) >= 11 is 11.8. The summed E-state index contributed by atoms with van der Waals surface area (Å²) in [6.45, 7) is 0.886. The molecule has 0 unspecified atom stereocenters. The number of rotatable bonds is 2. The van der Waals surface area contributed by atoms with Crippen LogP contribution < -0.4 is 20.3 Å². The zero-order chi connectivity index (χ0) is 17.1. The predicted octanol–water partition coefficient (Wildman–Crippen LogP) is 2.84. The summed E-state index contributed by atoms with van der Waals surface area (Å²) in [5.41, 5.74) is 5.08. The maximum Gasteiger partial charge on any atom is 0.271 e. The van der Waals surface area contributed by atoms with Gasteiger partial charge >= 0.3 is 0 Å². The fraction of sp³-hybridized carbons (Fsp3) is 0.125. The molecule has 1 heterocycles. The molecule has 0 saturated carbocycles. The maximum atomic E-state index is 12.1. The van der Waals surface area contributed by atoms with Crippen LogP contribution in [0.15, 0.2) is 36.4 Å². The largest absolute Gasteiger partial charge is 0.486 e. The standard InChI is InChI=1S/C16H12Cl2N2O4/c17-11-3-1-2-10(14(11)18)16(22)20-19-15(21)9-4-5-12-13(8-9)24-7-6-23-12/h1-5,8H,6-7H2,(H,19,21)(H,20,22). The van der Waals surface area contributed by atoms with Crippen molar-refractivity contribution in [3.8, 4) is 11.5 Å². The quantitative estimate of drug-likeness (QED) is 0.801. The lowest BCUT2D eigenvalue weighted by atomic mass is 10.2. The van der Waals surface area contributed by atoms with E-state index in [0.29, 0.717) is 30.3 Å². The number of hydrogen-bond acceptors (Lipinski definition) is 4. The Bertz CT molecular complexity index is 811. The molecule has 6 nitrogen and oxygen atoms in total. The zero-order valence-electron chi connectivity index (χ0n) is 12.3. The molecular formula is C16H12Cl2N2O4. The monoisotopic (exact) mass is 366 g/mol. The van der Waals surface area contributed by atoms with Crippen molar-refractivity contribution in [3.63, 3.8) is 0 Å². The second-order valence-electron chi connectivity index (χ2n) is 4.87. The van der Waals surface area contributed by atoms with Gasteiger partial charge in [-0.15, -0.1) is 0 Å². The third-order valence-electron chi connectivity index (χ3n) is 3.29. The Morgan fingerprint density at radius 1 is 0.917 bits per heavy atom. The van der Waals surface area contributed by atoms with Crippen LogP contribution in [0.4, 0.5) is 0 Å². The fourth-order valence-electron chi connectivity index (χ4n) is 2.12. The van der Waals surface area contributed by atoms with Gasteiger partial charge in [0.05, 0.1) is 15.6 Å². The Morgan fingerprint density at radius 3 is 2.42 bits per heavy atom. The molecule has 124 valence electrons. The topological polar surface area (TPSA) is 76.7 Å². The van der Waals surface area contributed by atoms with Gasteiger partial charge in [-0.2, -0.15) is 0 Å². The highest BCUT2D eigenvalue weighted by molar-refractivity contribution is 6.43. The van der Waals surface area contributed by atoms with E-state index in [9.17, 15) is 9.59 Å². The molecule has 24 heavy (non-hydrogen) atoms. The van der Waals surface area contributed by atoms with Crippen molar-refractivity contribution in [2.75, 3.05) is 13.2 Å². The minimum absolute atomic E-state index is 0.116. The third-order valence-corrected chi connectivity index (χ3v) is 4.11. The first-order valence-corrected chi connectivity index (χ1v) is 7.76. The van der Waals surface area contributed by atoms with Gasteiger partial charge in [-0.05, 0) is 30.3 Å². The lowest BCUT2D eigenvalue weighted by molar-refractivity contribution is 0.0846. The van der Waals surface area contributed by atoms with Crippen molar-refractivity contribution in [2.24, 2.45) is 0 Å². The number of carbonyl (C=O) groups is 2. The van der Waals surface area contributed by atoms with Gasteiger partial charge in [0.25, 0.3) is 11.8 Å². The summed E-state index contributed by atoms with van der Waals surface area (Å²) in [7, 11) is 0. The molecule has 0 bridgehead atoms. The van der Waals surface area contributed by atoms with Crippen LogP contribution in [-0.2, 0) is 0 Å². The average molecular weight is 367 g/mol. The predicted molar refractivity (Wildman–Crippen MR) is 88.8 cm³/mol. The Morgan fingerprint density at radius 2 is 1.62 bits per heavy atom. The van der Waals surface area contributed by atoms with E-state index in [1.165, 1.54) is 6.07 Å². The third kappa shape index (κ3) is 3.39. The van der Waals surface area contributed by atoms with Crippen molar-refractivity contribution in [3.05, 3.63) is 57.6 Å². The molecule has 0 aromatic heterocycles. The first kappa shape index (κ1) is 16.4. The molecule has 2 aromatic carbocycles. The summed E-state index contributed by atoms with van der Waals surface area (Å²) in [6.07, 6.45) is 0. The van der Waals surface area contributed by atoms with Crippen molar-refractivity contribution in [1.82, 2.24) is 10.9 Å². The van der Waals surface area contributed by atoms with Crippen LogP contribution in [0.1, 0.15) is 20.7 Å². The van der Waals surface area contributed by atoms with Crippen LogP contribution in [0.3, 0.4) is 0 Å². The van der Waals surface area contributed by atoms with Crippen molar-refractivity contribution in [1.29, 1.82) is 0 Å². The number of fused-ring (bicyclic) bond motifs is 1. The van der Waals surface area contributed by atoms with E-state index in [-0.39, 0.29) is 15.6 Å². The number of amides is 2. The van der Waals surface area contributed by atoms with E-state index in [1.54, 1.807) is 30.3 Å². The molecule has 0 atom stereocenters. The molecular weight excluding hydrogens is 355 g/mol. The van der Waals surface area contributed by atoms with E-state index in [2.05, 4.69) is 10.9 Å². The molecule has 1 aliphatic heterocycles. The zero-order valence-corrected chi connectivity index (χ0v) is 13.8. The van der Waals surface area contributed by atoms with Crippen molar-refractivity contribution >= 4 is 35.0 Å². The SMILES string of the molecule is O=C(NNC(=O)c1cccc(Cl)c1Cl)c1ccc2c(c1)OCCO2. The Kier molecular flexibility index (Phi) is 4.78. The van der Waals surface area contributed by atoms with Crippen LogP contribution in [0.25, 0.3) is 0 Å². The van der Waals surface area contributed by atoms with Gasteiger partial charge in [0.2, 0.25) is 0 Å². The number of benzene rings is 2. The minimum Gasteiger partial charge on any atom is -0.486 e. The second kappa shape index (κ2) is 6.98. The van der Waals surface area contributed by atoms with Gasteiger partial charge in [-0.3, -0.25) is 20.4 Å². The smallest absolute Gasteiger partial charge is 0.271 e. The molecule has 0 radical (unpaired) electrons. The van der Waals surface area contributed by atoms with Gasteiger partial charge in [0, 0.05) is 5.56 Å². The van der Waals surface area contributed by atoms with Gasteiger partial charge < -0.3 is 9.47 Å². The molecule has 1 aliphatic rings. The van der Waals surface area contributed by atoms with Crippen LogP contribution in [0, 0.1) is 0 Å². The van der Waals surface area contributed by atoms with E-state index in [1.807, 2.05) is 0 Å². The van der Waals surface area contributed by atoms with Crippen molar-refractivity contribution < 1.29 is 19.1 Å². The molecule has 8 heteroatoms. The summed E-state index contributed by atoms with van der Waals surface area (Å²) < 4.78 is 10.8. The molecule has 3 rings (SSSR count). The van der Waals surface area contributed by atoms with E-state index in [0.717, 1.165) is 0 Å². The molecule has 0 fully saturated rings. The first-order chi connectivity index (χ1) is 11.6. The van der Waals surface area contributed by atoms with Gasteiger partial charge in [0.15, 0.2) is 11.5 Å². The second-order valence-corrected chi connectivity index (χ2v) is 5.65. The summed E-state index contributed by atoms with van der Waals surface area (Å²) in [5.74, 6) is -0.0162. The van der Waals surface area contributed by atoms with Gasteiger partial charge in [-0.25, -0.2) is 0 Å². The molecule has 2 amide bonds. The maximum absolute atomic E-state index is 12.1. The normalized spacial score (nSPS) is 12.4. The van der Waals surface area contributed by atoms with Crippen LogP contribution in [0.2, 0.25) is 10.0 Å². The number of hydrogen-bond donors (Lipinski definition) is 2. The highest BCUT2D eigenvalue weighted by Crippen LogP contribution is 2.30. The molecule has 2 aromatic rings. The Hall–Kier alpha value is -2.44. The highest BCUT2D eigenvalue weighted by atomic mass is 35.5. The van der Waals surface area contributed by atoms with Gasteiger partial charge in [0.1, 0.15) is 13.2 Å². The van der Waals surface area contributed by atoms with Crippen LogP contribution in [0.5, 0.6) is 11.5 Å². The molecule has 0 spiro atoms. The Balaban J connectivity index is 1.67. The number of hydrazine groups is 1. The highest BCUT2D eigenvalue weighted by Gasteiger charge is 2.17. The first-order valence-electron chi connectivity index (χ1n) is 7.00. The summed E-state index contributed by atoms with van der Waals surface area (Å²) in [6, 6.07) is 9.41. The fourth-order valence-corrected chi connectivity index (χ4v) is 2.50. The number of nitrogens with one attached hydrogen (secondary N) is 2. The number of carbonyl (C=O) groups excluding carboxylic acids is 2. The molecule has 0 aliphatic carbocycles. The van der Waals surface area contributed by atoms with E-state index >= 15 is 0 Å². The van der Waals surface area contributed by atoms with Crippen LogP contribution >= 0.6 is 23.2 Å². The van der Waals surface area contributed by atoms with Crippen LogP contribution in [-0.4, -0.2) is 25.0 Å². The summed E-state index contributed by atoms with van der Waals surface area (Å²) in [5, 5.41) is 0.368. The average Bonchev–Trinajstić information content (AvgIpc) is 2.61. The Labute approximate surface area is 147 Å². The molecule has 0 saturated heterocycles. The number of ether oxygens (including phenoxy) is 2. The van der Waals surface area contributed by atoms with E-state index < -0.39 is 11.8 Å². The molecule has 2 N–H and O–H groups in total. The minimum atomic E-state index is -0.576. The number of halogens is 2. The van der Waals surface area contributed by atoms with E-state index in [4.69, 9.17) is 32.7 Å². The lowest BCUT2D eigenvalue weighted by Crippen LogP contribution is -2.41. The summed E-state index contributed by atoms with van der Waals surface area (Å²) in [4.78, 5) is 24.2. The lowest BCUT2D eigenvalue weighted by Gasteiger charge is -2.18. The van der Waals surface area contributed by atoms with Gasteiger partial charge in [-0.1, -0.05) is 29.3 Å². The van der Waals surface area contributed by atoms with Crippen molar-refractivity contribution in [2.45, 2.75) is 0 Å².